The number of hydrogen-bond acceptors (Lipinski definition) is 2. The van der Waals surface area contributed by atoms with E-state index in [0.29, 0.717) is 6.42 Å². The van der Waals surface area contributed by atoms with Crippen molar-refractivity contribution in [3.8, 4) is 0 Å². The summed E-state index contributed by atoms with van der Waals surface area (Å²) in [6.07, 6.45) is 1.67. The van der Waals surface area contributed by atoms with Crippen LogP contribution in [0.5, 0.6) is 0 Å². The van der Waals surface area contributed by atoms with Gasteiger partial charge in [-0.15, -0.1) is 0 Å². The number of aliphatic carboxylic acids is 1. The average molecular weight is 221 g/mol. The maximum absolute atomic E-state index is 10.6. The lowest BCUT2D eigenvalue weighted by Gasteiger charge is -2.07. The van der Waals surface area contributed by atoms with Gasteiger partial charge in [-0.3, -0.25) is 4.79 Å². The molecule has 0 aromatic heterocycles. The number of nitrogens with one attached hydrogen (secondary N) is 1. The topological polar surface area (TPSA) is 49.3 Å². The molecule has 0 spiro atoms. The van der Waals surface area contributed by atoms with E-state index < -0.39 is 5.97 Å². The summed E-state index contributed by atoms with van der Waals surface area (Å²) < 4.78 is 0. The van der Waals surface area contributed by atoms with Gasteiger partial charge in [-0.25, -0.2) is 0 Å². The van der Waals surface area contributed by atoms with Crippen molar-refractivity contribution in [2.75, 3.05) is 13.1 Å². The van der Waals surface area contributed by atoms with E-state index in [1.54, 1.807) is 6.92 Å². The first kappa shape index (κ1) is 12.7. The number of carbonyl (C=O) groups is 1. The van der Waals surface area contributed by atoms with Gasteiger partial charge in [0.15, 0.2) is 0 Å². The lowest BCUT2D eigenvalue weighted by molar-refractivity contribution is -0.141. The summed E-state index contributed by atoms with van der Waals surface area (Å²) in [5.74, 6) is -0.978. The Morgan fingerprint density at radius 2 is 2.00 bits per heavy atom. The van der Waals surface area contributed by atoms with Crippen molar-refractivity contribution < 1.29 is 9.90 Å². The van der Waals surface area contributed by atoms with Crippen molar-refractivity contribution in [3.05, 3.63) is 35.9 Å². The second kappa shape index (κ2) is 7.01. The molecule has 1 unspecified atom stereocenters. The summed E-state index contributed by atoms with van der Waals surface area (Å²) in [5, 5.41) is 11.9. The van der Waals surface area contributed by atoms with Gasteiger partial charge in [0.2, 0.25) is 0 Å². The molecule has 3 nitrogen and oxygen atoms in total. The molecular weight excluding hydrogens is 202 g/mol. The Labute approximate surface area is 96.5 Å². The average Bonchev–Trinajstić information content (AvgIpc) is 2.29. The first-order chi connectivity index (χ1) is 7.70. The van der Waals surface area contributed by atoms with Crippen LogP contribution in [-0.4, -0.2) is 24.2 Å². The van der Waals surface area contributed by atoms with Crippen molar-refractivity contribution in [3.63, 3.8) is 0 Å². The SMILES string of the molecule is CC(CCNCCc1ccccc1)C(=O)O. The molecule has 0 saturated carbocycles. The maximum Gasteiger partial charge on any atom is 0.306 e. The first-order valence-corrected chi connectivity index (χ1v) is 5.67. The zero-order chi connectivity index (χ0) is 11.8. The molecule has 0 radical (unpaired) electrons. The lowest BCUT2D eigenvalue weighted by Crippen LogP contribution is -2.22. The van der Waals surface area contributed by atoms with E-state index in [4.69, 9.17) is 5.11 Å². The fraction of sp³-hybridized carbons (Fsp3) is 0.462. The summed E-state index contributed by atoms with van der Waals surface area (Å²) in [6.45, 7) is 3.40. The minimum absolute atomic E-state index is 0.260. The van der Waals surface area contributed by atoms with Crippen LogP contribution in [0.1, 0.15) is 18.9 Å². The summed E-state index contributed by atoms with van der Waals surface area (Å²) >= 11 is 0. The van der Waals surface area contributed by atoms with Gasteiger partial charge < -0.3 is 10.4 Å². The van der Waals surface area contributed by atoms with Crippen molar-refractivity contribution in [2.45, 2.75) is 19.8 Å². The van der Waals surface area contributed by atoms with Crippen molar-refractivity contribution in [1.29, 1.82) is 0 Å². The number of carboxylic acid groups (broad SMARTS) is 1. The predicted octanol–water partition coefficient (Wildman–Crippen LogP) is 1.93. The van der Waals surface area contributed by atoms with Gasteiger partial charge in [0.25, 0.3) is 0 Å². The Kier molecular flexibility index (Phi) is 5.57. The fourth-order valence-corrected chi connectivity index (χ4v) is 1.44. The van der Waals surface area contributed by atoms with Crippen LogP contribution in [0.25, 0.3) is 0 Å². The quantitative estimate of drug-likeness (QED) is 0.692. The summed E-state index contributed by atoms with van der Waals surface area (Å²) in [6, 6.07) is 10.3. The van der Waals surface area contributed by atoms with Crippen molar-refractivity contribution in [2.24, 2.45) is 5.92 Å². The molecule has 88 valence electrons. The number of rotatable bonds is 7. The Morgan fingerprint density at radius 1 is 1.31 bits per heavy atom. The van der Waals surface area contributed by atoms with E-state index in [9.17, 15) is 4.79 Å². The second-order valence-electron chi connectivity index (χ2n) is 4.01. The van der Waals surface area contributed by atoms with E-state index in [2.05, 4.69) is 17.4 Å². The third kappa shape index (κ3) is 4.94. The Morgan fingerprint density at radius 3 is 2.62 bits per heavy atom. The second-order valence-corrected chi connectivity index (χ2v) is 4.01. The molecule has 1 atom stereocenters. The fourth-order valence-electron chi connectivity index (χ4n) is 1.44. The van der Waals surface area contributed by atoms with Crippen LogP contribution < -0.4 is 5.32 Å². The summed E-state index contributed by atoms with van der Waals surface area (Å²) in [7, 11) is 0. The van der Waals surface area contributed by atoms with Crippen LogP contribution in [0.4, 0.5) is 0 Å². The van der Waals surface area contributed by atoms with Crippen molar-refractivity contribution >= 4 is 5.97 Å². The molecule has 0 aliphatic carbocycles. The maximum atomic E-state index is 10.6. The van der Waals surface area contributed by atoms with Gasteiger partial charge in [0.05, 0.1) is 5.92 Å². The number of hydrogen-bond donors (Lipinski definition) is 2. The molecule has 0 heterocycles. The zero-order valence-electron chi connectivity index (χ0n) is 9.65. The molecule has 1 aromatic carbocycles. The molecule has 0 aliphatic rings. The van der Waals surface area contributed by atoms with E-state index in [1.807, 2.05) is 18.2 Å². The monoisotopic (exact) mass is 221 g/mol. The molecule has 16 heavy (non-hydrogen) atoms. The van der Waals surface area contributed by atoms with Crippen LogP contribution >= 0.6 is 0 Å². The van der Waals surface area contributed by atoms with Crippen LogP contribution in [-0.2, 0) is 11.2 Å². The minimum Gasteiger partial charge on any atom is -0.481 e. The molecule has 0 amide bonds. The summed E-state index contributed by atoms with van der Waals surface area (Å²) in [5.41, 5.74) is 1.31. The highest BCUT2D eigenvalue weighted by Gasteiger charge is 2.09. The van der Waals surface area contributed by atoms with Crippen molar-refractivity contribution in [1.82, 2.24) is 5.32 Å². The van der Waals surface area contributed by atoms with Gasteiger partial charge >= 0.3 is 5.97 Å². The van der Waals surface area contributed by atoms with E-state index in [1.165, 1.54) is 5.56 Å². The molecule has 0 fully saturated rings. The Bertz CT molecular complexity index is 311. The van der Waals surface area contributed by atoms with Crippen LogP contribution in [0, 0.1) is 5.92 Å². The third-order valence-electron chi connectivity index (χ3n) is 2.61. The van der Waals surface area contributed by atoms with Crippen LogP contribution in [0.15, 0.2) is 30.3 Å². The molecular formula is C13H19NO2. The largest absolute Gasteiger partial charge is 0.481 e. The van der Waals surface area contributed by atoms with Gasteiger partial charge in [0, 0.05) is 0 Å². The normalized spacial score (nSPS) is 12.3. The molecule has 0 aliphatic heterocycles. The van der Waals surface area contributed by atoms with E-state index in [-0.39, 0.29) is 5.92 Å². The number of carboxylic acids is 1. The molecule has 0 bridgehead atoms. The molecule has 1 aromatic rings. The highest BCUT2D eigenvalue weighted by Crippen LogP contribution is 2.00. The van der Waals surface area contributed by atoms with Gasteiger partial charge in [-0.05, 0) is 31.5 Å². The standard InChI is InChI=1S/C13H19NO2/c1-11(13(15)16)7-9-14-10-8-12-5-3-2-4-6-12/h2-6,11,14H,7-10H2,1H3,(H,15,16). The van der Waals surface area contributed by atoms with Gasteiger partial charge in [-0.2, -0.15) is 0 Å². The van der Waals surface area contributed by atoms with Crippen LogP contribution in [0.2, 0.25) is 0 Å². The zero-order valence-corrected chi connectivity index (χ0v) is 9.65. The lowest BCUT2D eigenvalue weighted by atomic mass is 10.1. The molecule has 1 rings (SSSR count). The number of benzene rings is 1. The highest BCUT2D eigenvalue weighted by atomic mass is 16.4. The molecule has 3 heteroatoms. The Hall–Kier alpha value is -1.35. The molecule has 2 N–H and O–H groups in total. The highest BCUT2D eigenvalue weighted by molar-refractivity contribution is 5.69. The minimum atomic E-state index is -0.718. The van der Waals surface area contributed by atoms with Crippen LogP contribution in [0.3, 0.4) is 0 Å². The summed E-state index contributed by atoms with van der Waals surface area (Å²) in [4.78, 5) is 10.6. The third-order valence-corrected chi connectivity index (χ3v) is 2.61. The first-order valence-electron chi connectivity index (χ1n) is 5.67. The van der Waals surface area contributed by atoms with Gasteiger partial charge in [-0.1, -0.05) is 37.3 Å². The Balaban J connectivity index is 2.07. The smallest absolute Gasteiger partial charge is 0.306 e. The molecule has 0 saturated heterocycles. The van der Waals surface area contributed by atoms with E-state index in [0.717, 1.165) is 19.5 Å². The van der Waals surface area contributed by atoms with Gasteiger partial charge in [0.1, 0.15) is 0 Å². The predicted molar refractivity (Wildman–Crippen MR) is 64.4 cm³/mol. The van der Waals surface area contributed by atoms with E-state index >= 15 is 0 Å².